The highest BCUT2D eigenvalue weighted by atomic mass is 32.2. The van der Waals surface area contributed by atoms with Crippen LogP contribution in [0.15, 0.2) is 39.4 Å². The predicted molar refractivity (Wildman–Crippen MR) is 90.1 cm³/mol. The van der Waals surface area contributed by atoms with Crippen LogP contribution in [0.4, 0.5) is 0 Å². The fourth-order valence-electron chi connectivity index (χ4n) is 2.63. The molecule has 0 aromatic carbocycles. The summed E-state index contributed by atoms with van der Waals surface area (Å²) < 4.78 is 20.4. The van der Waals surface area contributed by atoms with Gasteiger partial charge >= 0.3 is 11.9 Å². The van der Waals surface area contributed by atoms with Crippen molar-refractivity contribution in [2.45, 2.75) is 24.9 Å². The van der Waals surface area contributed by atoms with E-state index in [1.54, 1.807) is 12.1 Å². The van der Waals surface area contributed by atoms with Gasteiger partial charge in [0.2, 0.25) is 11.7 Å². The van der Waals surface area contributed by atoms with Gasteiger partial charge in [0.25, 0.3) is 0 Å². The van der Waals surface area contributed by atoms with E-state index in [9.17, 15) is 14.4 Å². The highest BCUT2D eigenvalue weighted by Gasteiger charge is 2.43. The van der Waals surface area contributed by atoms with Gasteiger partial charge in [-0.25, -0.2) is 9.59 Å². The Hall–Kier alpha value is -2.68. The molecule has 1 amide bonds. The van der Waals surface area contributed by atoms with Crippen molar-refractivity contribution in [1.82, 2.24) is 4.90 Å². The van der Waals surface area contributed by atoms with Crippen LogP contribution in [-0.2, 0) is 25.7 Å². The van der Waals surface area contributed by atoms with Crippen molar-refractivity contribution >= 4 is 29.6 Å². The maximum Gasteiger partial charge on any atom is 0.373 e. The molecule has 0 aliphatic carbocycles. The Bertz CT molecular complexity index is 798. The number of hydrogen-bond acceptors (Lipinski definition) is 8. The number of esters is 2. The molecule has 1 aliphatic heterocycles. The lowest BCUT2D eigenvalue weighted by Gasteiger charge is -2.25. The number of rotatable bonds is 5. The summed E-state index contributed by atoms with van der Waals surface area (Å²) in [5.74, 6) is -0.0650. The molecule has 138 valence electrons. The number of carbonyl (C=O) groups excluding carboxylic acids is 3. The molecule has 2 aromatic heterocycles. The average Bonchev–Trinajstić information content (AvgIpc) is 3.38. The number of amides is 1. The highest BCUT2D eigenvalue weighted by molar-refractivity contribution is 7.99. The van der Waals surface area contributed by atoms with Crippen molar-refractivity contribution < 1.29 is 32.7 Å². The minimum absolute atomic E-state index is 0.0261. The van der Waals surface area contributed by atoms with E-state index >= 15 is 0 Å². The van der Waals surface area contributed by atoms with Crippen molar-refractivity contribution in [2.24, 2.45) is 0 Å². The van der Waals surface area contributed by atoms with Crippen molar-refractivity contribution in [3.8, 4) is 0 Å². The third kappa shape index (κ3) is 3.62. The number of thioether (sulfide) groups is 1. The van der Waals surface area contributed by atoms with Crippen molar-refractivity contribution in [3.63, 3.8) is 0 Å². The molecule has 8 nitrogen and oxygen atoms in total. The third-order valence-corrected chi connectivity index (χ3v) is 5.11. The molecule has 0 bridgehead atoms. The van der Waals surface area contributed by atoms with Crippen molar-refractivity contribution in [3.05, 3.63) is 47.8 Å². The van der Waals surface area contributed by atoms with Crippen LogP contribution in [0, 0.1) is 0 Å². The van der Waals surface area contributed by atoms with E-state index in [2.05, 4.69) is 4.74 Å². The average molecular weight is 379 g/mol. The SMILES string of the molecule is COC(=O)c1ccc(COC(=O)[C@@H]2CS[C@@H](c3ccco3)N2C(C)=O)o1. The van der Waals surface area contributed by atoms with E-state index in [0.29, 0.717) is 17.3 Å². The molecule has 2 aromatic rings. The zero-order valence-electron chi connectivity index (χ0n) is 14.2. The van der Waals surface area contributed by atoms with Gasteiger partial charge in [0, 0.05) is 12.7 Å². The predicted octanol–water partition coefficient (Wildman–Crippen LogP) is 2.37. The zero-order chi connectivity index (χ0) is 18.7. The van der Waals surface area contributed by atoms with Crippen LogP contribution in [-0.4, -0.2) is 41.7 Å². The molecule has 0 spiro atoms. The first-order valence-electron chi connectivity index (χ1n) is 7.79. The minimum Gasteiger partial charge on any atom is -0.466 e. The van der Waals surface area contributed by atoms with Gasteiger partial charge in [-0.1, -0.05) is 0 Å². The summed E-state index contributed by atoms with van der Waals surface area (Å²) in [6.07, 6.45) is 1.52. The van der Waals surface area contributed by atoms with Gasteiger partial charge in [-0.2, -0.15) is 0 Å². The summed E-state index contributed by atoms with van der Waals surface area (Å²) >= 11 is 1.43. The van der Waals surface area contributed by atoms with Crippen LogP contribution in [0.1, 0.15) is 34.4 Å². The molecule has 9 heteroatoms. The van der Waals surface area contributed by atoms with Crippen LogP contribution in [0.3, 0.4) is 0 Å². The maximum absolute atomic E-state index is 12.5. The Labute approximate surface area is 153 Å². The van der Waals surface area contributed by atoms with Crippen LogP contribution >= 0.6 is 11.8 Å². The molecule has 3 heterocycles. The molecule has 1 aliphatic rings. The summed E-state index contributed by atoms with van der Waals surface area (Å²) in [6.45, 7) is 1.26. The summed E-state index contributed by atoms with van der Waals surface area (Å²) in [7, 11) is 1.24. The Kier molecular flexibility index (Phi) is 5.36. The first kappa shape index (κ1) is 18.1. The fourth-order valence-corrected chi connectivity index (χ4v) is 4.04. The van der Waals surface area contributed by atoms with Gasteiger partial charge in [0.1, 0.15) is 29.5 Å². The molecule has 1 saturated heterocycles. The second kappa shape index (κ2) is 7.69. The highest BCUT2D eigenvalue weighted by Crippen LogP contribution is 2.41. The Morgan fingerprint density at radius 3 is 2.77 bits per heavy atom. The quantitative estimate of drug-likeness (QED) is 0.730. The molecule has 0 radical (unpaired) electrons. The van der Waals surface area contributed by atoms with E-state index in [0.717, 1.165) is 0 Å². The molecule has 2 atom stereocenters. The van der Waals surface area contributed by atoms with Gasteiger partial charge in [-0.05, 0) is 24.3 Å². The molecule has 3 rings (SSSR count). The summed E-state index contributed by atoms with van der Waals surface area (Å²) in [6, 6.07) is 5.74. The summed E-state index contributed by atoms with van der Waals surface area (Å²) in [5, 5.41) is -0.366. The number of carbonyl (C=O) groups is 3. The van der Waals surface area contributed by atoms with E-state index in [4.69, 9.17) is 13.6 Å². The molecular weight excluding hydrogens is 362 g/mol. The normalized spacial score (nSPS) is 19.4. The lowest BCUT2D eigenvalue weighted by molar-refractivity contribution is -0.155. The zero-order valence-corrected chi connectivity index (χ0v) is 15.0. The van der Waals surface area contributed by atoms with Crippen LogP contribution in [0.25, 0.3) is 0 Å². The Balaban J connectivity index is 1.64. The number of methoxy groups -OCH3 is 1. The molecule has 1 fully saturated rings. The first-order valence-corrected chi connectivity index (χ1v) is 8.83. The number of furan rings is 2. The van der Waals surface area contributed by atoms with Crippen molar-refractivity contribution in [1.29, 1.82) is 0 Å². The van der Waals surface area contributed by atoms with Gasteiger partial charge in [0.05, 0.1) is 13.4 Å². The van der Waals surface area contributed by atoms with E-state index < -0.39 is 18.0 Å². The monoisotopic (exact) mass is 379 g/mol. The van der Waals surface area contributed by atoms with Gasteiger partial charge in [0.15, 0.2) is 0 Å². The number of hydrogen-bond donors (Lipinski definition) is 0. The largest absolute Gasteiger partial charge is 0.466 e. The second-order valence-corrected chi connectivity index (χ2v) is 6.62. The van der Waals surface area contributed by atoms with Crippen LogP contribution in [0.2, 0.25) is 0 Å². The molecule has 0 N–H and O–H groups in total. The van der Waals surface area contributed by atoms with Gasteiger partial charge < -0.3 is 23.2 Å². The molecule has 26 heavy (non-hydrogen) atoms. The number of ether oxygens (including phenoxy) is 2. The standard InChI is InChI=1S/C17H17NO7S/c1-10(19)18-12(9-26-15(18)13-4-3-7-23-13)16(20)24-8-11-5-6-14(25-11)17(21)22-2/h3-7,12,15H,8-9H2,1-2H3/t12-,15-/m0/s1. The smallest absolute Gasteiger partial charge is 0.373 e. The Morgan fingerprint density at radius 1 is 1.31 bits per heavy atom. The van der Waals surface area contributed by atoms with Gasteiger partial charge in [-0.15, -0.1) is 11.8 Å². The minimum atomic E-state index is -0.720. The molecular formula is C17H17NO7S. The fraction of sp³-hybridized carbons (Fsp3) is 0.353. The summed E-state index contributed by atoms with van der Waals surface area (Å²) in [5.41, 5.74) is 0. The number of nitrogens with zero attached hydrogens (tertiary/aromatic N) is 1. The summed E-state index contributed by atoms with van der Waals surface area (Å²) in [4.78, 5) is 37.3. The van der Waals surface area contributed by atoms with Gasteiger partial charge in [-0.3, -0.25) is 4.79 Å². The van der Waals surface area contributed by atoms with E-state index in [1.165, 1.54) is 49.1 Å². The van der Waals surface area contributed by atoms with E-state index in [1.807, 2.05) is 0 Å². The van der Waals surface area contributed by atoms with Crippen LogP contribution in [0.5, 0.6) is 0 Å². The van der Waals surface area contributed by atoms with Crippen LogP contribution < -0.4 is 0 Å². The lowest BCUT2D eigenvalue weighted by Crippen LogP contribution is -2.42. The topological polar surface area (TPSA) is 99.2 Å². The molecule has 0 saturated carbocycles. The van der Waals surface area contributed by atoms with E-state index in [-0.39, 0.29) is 23.6 Å². The maximum atomic E-state index is 12.5. The lowest BCUT2D eigenvalue weighted by atomic mass is 10.2. The molecule has 0 unspecified atom stereocenters. The Morgan fingerprint density at radius 2 is 2.12 bits per heavy atom. The second-order valence-electron chi connectivity index (χ2n) is 5.51. The first-order chi connectivity index (χ1) is 12.5. The third-order valence-electron chi connectivity index (χ3n) is 3.83. The van der Waals surface area contributed by atoms with Crippen molar-refractivity contribution in [2.75, 3.05) is 12.9 Å².